The summed E-state index contributed by atoms with van der Waals surface area (Å²) in [5.41, 5.74) is 2.99. The molecular formula is C11H11N3O2. The largest absolute Gasteiger partial charge is 0.476 e. The zero-order valence-corrected chi connectivity index (χ0v) is 8.68. The number of carbonyl (C=O) groups is 1. The second-order valence-corrected chi connectivity index (χ2v) is 4.04. The second kappa shape index (κ2) is 3.30. The fourth-order valence-electron chi connectivity index (χ4n) is 2.20. The highest BCUT2D eigenvalue weighted by Gasteiger charge is 2.17. The van der Waals surface area contributed by atoms with E-state index in [0.29, 0.717) is 5.65 Å². The summed E-state index contributed by atoms with van der Waals surface area (Å²) in [6.07, 6.45) is 6.12. The van der Waals surface area contributed by atoms with Crippen LogP contribution in [0.2, 0.25) is 0 Å². The third-order valence-electron chi connectivity index (χ3n) is 3.00. The van der Waals surface area contributed by atoms with E-state index in [2.05, 4.69) is 10.1 Å². The summed E-state index contributed by atoms with van der Waals surface area (Å²) < 4.78 is 1.68. The molecule has 0 aliphatic heterocycles. The molecule has 0 atom stereocenters. The average molecular weight is 217 g/mol. The van der Waals surface area contributed by atoms with Gasteiger partial charge in [0.05, 0.1) is 0 Å². The van der Waals surface area contributed by atoms with Crippen LogP contribution in [0.25, 0.3) is 5.65 Å². The van der Waals surface area contributed by atoms with Crippen molar-refractivity contribution in [3.05, 3.63) is 29.2 Å². The first-order valence-electron chi connectivity index (χ1n) is 5.35. The molecule has 0 bridgehead atoms. The van der Waals surface area contributed by atoms with Crippen molar-refractivity contribution in [3.63, 3.8) is 0 Å². The third kappa shape index (κ3) is 1.28. The predicted octanol–water partition coefficient (Wildman–Crippen LogP) is 1.31. The van der Waals surface area contributed by atoms with Crippen molar-refractivity contribution in [1.82, 2.24) is 14.6 Å². The molecule has 2 aromatic heterocycles. The summed E-state index contributed by atoms with van der Waals surface area (Å²) in [5.74, 6) is -1.00. The minimum atomic E-state index is -1.00. The second-order valence-electron chi connectivity index (χ2n) is 4.04. The molecule has 82 valence electrons. The Morgan fingerprint density at radius 3 is 3.00 bits per heavy atom. The smallest absolute Gasteiger partial charge is 0.356 e. The van der Waals surface area contributed by atoms with Crippen molar-refractivity contribution >= 4 is 11.6 Å². The molecule has 0 spiro atoms. The number of aromatic carboxylic acids is 1. The predicted molar refractivity (Wildman–Crippen MR) is 56.6 cm³/mol. The first-order chi connectivity index (χ1) is 7.75. The zero-order chi connectivity index (χ0) is 11.1. The van der Waals surface area contributed by atoms with Crippen LogP contribution in [0.5, 0.6) is 0 Å². The third-order valence-corrected chi connectivity index (χ3v) is 3.00. The summed E-state index contributed by atoms with van der Waals surface area (Å²) in [7, 11) is 0. The molecule has 0 radical (unpaired) electrons. The number of carboxylic acids is 1. The summed E-state index contributed by atoms with van der Waals surface area (Å²) in [4.78, 5) is 15.1. The van der Waals surface area contributed by atoms with E-state index in [4.69, 9.17) is 5.11 Å². The molecule has 0 unspecified atom stereocenters. The Kier molecular flexibility index (Phi) is 1.92. The lowest BCUT2D eigenvalue weighted by Crippen LogP contribution is -2.10. The van der Waals surface area contributed by atoms with Crippen LogP contribution in [-0.2, 0) is 12.8 Å². The van der Waals surface area contributed by atoms with Crippen LogP contribution in [0.4, 0.5) is 0 Å². The van der Waals surface area contributed by atoms with E-state index in [1.54, 1.807) is 4.52 Å². The van der Waals surface area contributed by atoms with Crippen molar-refractivity contribution in [2.75, 3.05) is 0 Å². The number of rotatable bonds is 1. The number of carboxylic acid groups (broad SMARTS) is 1. The lowest BCUT2D eigenvalue weighted by atomic mass is 9.97. The number of fused-ring (bicyclic) bond motifs is 3. The van der Waals surface area contributed by atoms with E-state index in [1.165, 1.54) is 18.1 Å². The molecule has 1 aliphatic carbocycles. The van der Waals surface area contributed by atoms with Gasteiger partial charge in [-0.1, -0.05) is 0 Å². The van der Waals surface area contributed by atoms with Crippen LogP contribution in [0.1, 0.15) is 34.6 Å². The highest BCUT2D eigenvalue weighted by atomic mass is 16.4. The Hall–Kier alpha value is -1.91. The van der Waals surface area contributed by atoms with E-state index in [1.807, 2.05) is 6.20 Å². The molecule has 0 fully saturated rings. The molecule has 3 rings (SSSR count). The van der Waals surface area contributed by atoms with Gasteiger partial charge < -0.3 is 5.11 Å². The molecule has 0 amide bonds. The van der Waals surface area contributed by atoms with Gasteiger partial charge in [0.1, 0.15) is 0 Å². The summed E-state index contributed by atoms with van der Waals surface area (Å²) in [6.45, 7) is 0. The van der Waals surface area contributed by atoms with Gasteiger partial charge in [-0.25, -0.2) is 14.3 Å². The van der Waals surface area contributed by atoms with Gasteiger partial charge in [-0.05, 0) is 31.2 Å². The van der Waals surface area contributed by atoms with E-state index in [-0.39, 0.29) is 5.69 Å². The maximum Gasteiger partial charge on any atom is 0.356 e. The minimum Gasteiger partial charge on any atom is -0.476 e. The summed E-state index contributed by atoms with van der Waals surface area (Å²) in [6, 6.07) is 1.51. The van der Waals surface area contributed by atoms with Crippen LogP contribution in [0, 0.1) is 0 Å². The maximum absolute atomic E-state index is 10.8. The fraction of sp³-hybridized carbons (Fsp3) is 0.364. The van der Waals surface area contributed by atoms with Crippen molar-refractivity contribution in [3.8, 4) is 0 Å². The van der Waals surface area contributed by atoms with Gasteiger partial charge in [-0.3, -0.25) is 0 Å². The number of hydrogen-bond acceptors (Lipinski definition) is 3. The van der Waals surface area contributed by atoms with Crippen molar-refractivity contribution in [1.29, 1.82) is 0 Å². The van der Waals surface area contributed by atoms with Crippen molar-refractivity contribution in [2.24, 2.45) is 0 Å². The molecule has 1 aliphatic rings. The normalized spacial score (nSPS) is 15.0. The number of nitrogens with zero attached hydrogens (tertiary/aromatic N) is 3. The molecule has 1 N–H and O–H groups in total. The van der Waals surface area contributed by atoms with Gasteiger partial charge in [-0.15, -0.1) is 0 Å². The standard InChI is InChI=1S/C11H11N3O2/c15-11(16)8-5-10-12-6-7-3-1-2-4-9(7)14(10)13-8/h5-6H,1-4H2,(H,15,16). The van der Waals surface area contributed by atoms with Gasteiger partial charge in [0.2, 0.25) is 0 Å². The average Bonchev–Trinajstić information content (AvgIpc) is 2.73. The summed E-state index contributed by atoms with van der Waals surface area (Å²) >= 11 is 0. The molecule has 2 heterocycles. The Morgan fingerprint density at radius 2 is 2.19 bits per heavy atom. The first kappa shape index (κ1) is 9.33. The number of aromatic nitrogens is 3. The Labute approximate surface area is 91.7 Å². The Bertz CT molecular complexity index is 574. The summed E-state index contributed by atoms with van der Waals surface area (Å²) in [5, 5.41) is 13.0. The number of hydrogen-bond donors (Lipinski definition) is 1. The molecule has 0 aromatic carbocycles. The molecule has 5 heteroatoms. The van der Waals surface area contributed by atoms with Gasteiger partial charge >= 0.3 is 5.97 Å². The van der Waals surface area contributed by atoms with Crippen molar-refractivity contribution in [2.45, 2.75) is 25.7 Å². The monoisotopic (exact) mass is 217 g/mol. The Morgan fingerprint density at radius 1 is 1.38 bits per heavy atom. The molecule has 0 saturated heterocycles. The lowest BCUT2D eigenvalue weighted by Gasteiger charge is -2.15. The van der Waals surface area contributed by atoms with Crippen LogP contribution >= 0.6 is 0 Å². The SMILES string of the molecule is O=C(O)c1cc2ncc3c(n2n1)CCCC3. The highest BCUT2D eigenvalue weighted by molar-refractivity contribution is 5.86. The quantitative estimate of drug-likeness (QED) is 0.781. The van der Waals surface area contributed by atoms with Crippen LogP contribution in [0.3, 0.4) is 0 Å². The van der Waals surface area contributed by atoms with Gasteiger partial charge in [0, 0.05) is 18.0 Å². The highest BCUT2D eigenvalue weighted by Crippen LogP contribution is 2.21. The lowest BCUT2D eigenvalue weighted by molar-refractivity contribution is 0.0690. The molecule has 5 nitrogen and oxygen atoms in total. The fourth-order valence-corrected chi connectivity index (χ4v) is 2.20. The van der Waals surface area contributed by atoms with Gasteiger partial charge in [-0.2, -0.15) is 5.10 Å². The van der Waals surface area contributed by atoms with E-state index < -0.39 is 5.97 Å². The van der Waals surface area contributed by atoms with E-state index >= 15 is 0 Å². The zero-order valence-electron chi connectivity index (χ0n) is 8.68. The molecule has 2 aromatic rings. The molecular weight excluding hydrogens is 206 g/mol. The molecule has 16 heavy (non-hydrogen) atoms. The van der Waals surface area contributed by atoms with E-state index in [9.17, 15) is 4.79 Å². The topological polar surface area (TPSA) is 67.5 Å². The first-order valence-corrected chi connectivity index (χ1v) is 5.35. The number of aryl methyl sites for hydroxylation is 2. The minimum absolute atomic E-state index is 0.0615. The molecule has 0 saturated carbocycles. The van der Waals surface area contributed by atoms with Crippen LogP contribution in [0.15, 0.2) is 12.3 Å². The van der Waals surface area contributed by atoms with Gasteiger partial charge in [0.15, 0.2) is 11.3 Å². The van der Waals surface area contributed by atoms with Gasteiger partial charge in [0.25, 0.3) is 0 Å². The van der Waals surface area contributed by atoms with E-state index in [0.717, 1.165) is 25.0 Å². The Balaban J connectivity index is 2.26. The van der Waals surface area contributed by atoms with Crippen LogP contribution < -0.4 is 0 Å². The van der Waals surface area contributed by atoms with Crippen LogP contribution in [-0.4, -0.2) is 25.7 Å². The maximum atomic E-state index is 10.8. The van der Waals surface area contributed by atoms with Crippen molar-refractivity contribution < 1.29 is 9.90 Å².